The fourth-order valence-electron chi connectivity index (χ4n) is 2.06. The molecule has 0 amide bonds. The zero-order valence-electron chi connectivity index (χ0n) is 10.6. The van der Waals surface area contributed by atoms with E-state index in [-0.39, 0.29) is 0 Å². The number of carboxylic acid groups (broad SMARTS) is 1. The molecule has 0 unspecified atom stereocenters. The lowest BCUT2D eigenvalue weighted by molar-refractivity contribution is 0.0697. The van der Waals surface area contributed by atoms with Crippen molar-refractivity contribution in [2.24, 2.45) is 0 Å². The fraction of sp³-hybridized carbons (Fsp3) is 0.462. The molecule has 0 radical (unpaired) electrons. The van der Waals surface area contributed by atoms with Gasteiger partial charge >= 0.3 is 5.97 Å². The molecular weight excluding hydrogens is 328 g/mol. The Bertz CT molecular complexity index is 450. The number of aromatic carboxylic acids is 1. The number of nitrogens with one attached hydrogen (secondary N) is 1. The van der Waals surface area contributed by atoms with E-state index in [0.717, 1.165) is 26.2 Å². The molecule has 0 atom stereocenters. The molecule has 2 rings (SSSR count). The highest BCUT2D eigenvalue weighted by Gasteiger charge is 2.14. The SMILES string of the molecule is O=C(O)c1c(Br)cccc1NCCN1CCSCC1. The highest BCUT2D eigenvalue weighted by Crippen LogP contribution is 2.24. The van der Waals surface area contributed by atoms with Gasteiger partial charge in [-0.3, -0.25) is 4.90 Å². The van der Waals surface area contributed by atoms with E-state index in [1.165, 1.54) is 11.5 Å². The summed E-state index contributed by atoms with van der Waals surface area (Å²) in [6.07, 6.45) is 0. The largest absolute Gasteiger partial charge is 0.478 e. The molecule has 1 aliphatic rings. The van der Waals surface area contributed by atoms with E-state index in [2.05, 4.69) is 26.1 Å². The van der Waals surface area contributed by atoms with Crippen molar-refractivity contribution in [2.45, 2.75) is 0 Å². The van der Waals surface area contributed by atoms with Crippen molar-refractivity contribution >= 4 is 39.3 Å². The quantitative estimate of drug-likeness (QED) is 0.859. The summed E-state index contributed by atoms with van der Waals surface area (Å²) in [6.45, 7) is 3.96. The summed E-state index contributed by atoms with van der Waals surface area (Å²) in [5.41, 5.74) is 0.977. The maximum atomic E-state index is 11.2. The second-order valence-electron chi connectivity index (χ2n) is 4.35. The Morgan fingerprint density at radius 1 is 1.42 bits per heavy atom. The summed E-state index contributed by atoms with van der Waals surface area (Å²) in [6, 6.07) is 5.40. The molecule has 0 aromatic heterocycles. The third-order valence-electron chi connectivity index (χ3n) is 3.07. The van der Waals surface area contributed by atoms with Crippen LogP contribution in [-0.2, 0) is 0 Å². The van der Waals surface area contributed by atoms with Crippen LogP contribution in [-0.4, -0.2) is 53.7 Å². The molecule has 0 saturated carbocycles. The standard InChI is InChI=1S/C13H17BrN2O2S/c14-10-2-1-3-11(12(10)13(17)18)15-4-5-16-6-8-19-9-7-16/h1-3,15H,4-9H2,(H,17,18). The van der Waals surface area contributed by atoms with Gasteiger partial charge < -0.3 is 10.4 Å². The number of nitrogens with zero attached hydrogens (tertiary/aromatic N) is 1. The molecule has 1 saturated heterocycles. The van der Waals surface area contributed by atoms with Crippen LogP contribution in [0.25, 0.3) is 0 Å². The smallest absolute Gasteiger partial charge is 0.338 e. The van der Waals surface area contributed by atoms with Gasteiger partial charge in [-0.05, 0) is 28.1 Å². The van der Waals surface area contributed by atoms with Crippen LogP contribution in [0.3, 0.4) is 0 Å². The summed E-state index contributed by atoms with van der Waals surface area (Å²) in [7, 11) is 0. The van der Waals surface area contributed by atoms with Gasteiger partial charge in [0.15, 0.2) is 0 Å². The second kappa shape index (κ2) is 7.17. The molecule has 0 spiro atoms. The van der Waals surface area contributed by atoms with Crippen molar-refractivity contribution in [3.05, 3.63) is 28.2 Å². The van der Waals surface area contributed by atoms with Crippen molar-refractivity contribution in [3.8, 4) is 0 Å². The first-order valence-corrected chi connectivity index (χ1v) is 8.19. The van der Waals surface area contributed by atoms with Crippen LogP contribution in [0.5, 0.6) is 0 Å². The summed E-state index contributed by atoms with van der Waals surface area (Å²) in [4.78, 5) is 13.6. The number of benzene rings is 1. The third-order valence-corrected chi connectivity index (χ3v) is 4.68. The van der Waals surface area contributed by atoms with Crippen molar-refractivity contribution in [3.63, 3.8) is 0 Å². The molecular formula is C13H17BrN2O2S. The molecule has 1 aromatic carbocycles. The summed E-state index contributed by atoms with van der Waals surface area (Å²) < 4.78 is 0.611. The van der Waals surface area contributed by atoms with Crippen molar-refractivity contribution in [1.29, 1.82) is 0 Å². The molecule has 0 bridgehead atoms. The summed E-state index contributed by atoms with van der Waals surface area (Å²) in [5.74, 6) is 1.47. The zero-order chi connectivity index (χ0) is 13.7. The Hall–Kier alpha value is -0.720. The molecule has 1 aliphatic heterocycles. The molecule has 0 aliphatic carbocycles. The van der Waals surface area contributed by atoms with Gasteiger partial charge in [0.2, 0.25) is 0 Å². The number of carbonyl (C=O) groups is 1. The van der Waals surface area contributed by atoms with Crippen LogP contribution >= 0.6 is 27.7 Å². The maximum absolute atomic E-state index is 11.2. The minimum Gasteiger partial charge on any atom is -0.478 e. The van der Waals surface area contributed by atoms with E-state index in [1.807, 2.05) is 17.8 Å². The molecule has 1 fully saturated rings. The first-order chi connectivity index (χ1) is 9.18. The van der Waals surface area contributed by atoms with E-state index in [0.29, 0.717) is 15.7 Å². The van der Waals surface area contributed by atoms with Crippen LogP contribution < -0.4 is 5.32 Å². The average Bonchev–Trinajstić information content (AvgIpc) is 2.39. The lowest BCUT2D eigenvalue weighted by Crippen LogP contribution is -2.36. The molecule has 104 valence electrons. The number of rotatable bonds is 5. The number of hydrogen-bond donors (Lipinski definition) is 2. The van der Waals surface area contributed by atoms with Crippen LogP contribution in [0.4, 0.5) is 5.69 Å². The minimum absolute atomic E-state index is 0.302. The second-order valence-corrected chi connectivity index (χ2v) is 6.43. The number of thioether (sulfide) groups is 1. The normalized spacial score (nSPS) is 16.3. The van der Waals surface area contributed by atoms with Gasteiger partial charge in [-0.25, -0.2) is 4.79 Å². The van der Waals surface area contributed by atoms with E-state index < -0.39 is 5.97 Å². The molecule has 4 nitrogen and oxygen atoms in total. The van der Waals surface area contributed by atoms with Crippen LogP contribution in [0, 0.1) is 0 Å². The first kappa shape index (κ1) is 14.7. The lowest BCUT2D eigenvalue weighted by Gasteiger charge is -2.26. The maximum Gasteiger partial charge on any atom is 0.338 e. The molecule has 2 N–H and O–H groups in total. The van der Waals surface area contributed by atoms with Crippen molar-refractivity contribution in [1.82, 2.24) is 4.90 Å². The highest BCUT2D eigenvalue weighted by molar-refractivity contribution is 9.10. The Kier molecular flexibility index (Phi) is 5.54. The van der Waals surface area contributed by atoms with Crippen LogP contribution in [0.1, 0.15) is 10.4 Å². The highest BCUT2D eigenvalue weighted by atomic mass is 79.9. The topological polar surface area (TPSA) is 52.6 Å². The number of anilines is 1. The zero-order valence-corrected chi connectivity index (χ0v) is 13.0. The predicted octanol–water partition coefficient (Wildman–Crippen LogP) is 2.61. The van der Waals surface area contributed by atoms with Gasteiger partial charge in [0.25, 0.3) is 0 Å². The van der Waals surface area contributed by atoms with Gasteiger partial charge in [-0.15, -0.1) is 0 Å². The summed E-state index contributed by atoms with van der Waals surface area (Å²) >= 11 is 5.27. The van der Waals surface area contributed by atoms with Gasteiger partial charge in [-0.2, -0.15) is 11.8 Å². The minimum atomic E-state index is -0.913. The lowest BCUT2D eigenvalue weighted by atomic mass is 10.2. The predicted molar refractivity (Wildman–Crippen MR) is 83.4 cm³/mol. The number of carboxylic acids is 1. The van der Waals surface area contributed by atoms with E-state index in [4.69, 9.17) is 0 Å². The third kappa shape index (κ3) is 4.12. The van der Waals surface area contributed by atoms with Crippen molar-refractivity contribution < 1.29 is 9.90 Å². The van der Waals surface area contributed by atoms with Crippen LogP contribution in [0.2, 0.25) is 0 Å². The average molecular weight is 345 g/mol. The van der Waals surface area contributed by atoms with E-state index >= 15 is 0 Å². The van der Waals surface area contributed by atoms with E-state index in [1.54, 1.807) is 12.1 Å². The Morgan fingerprint density at radius 2 is 2.16 bits per heavy atom. The molecule has 1 aromatic rings. The Morgan fingerprint density at radius 3 is 2.84 bits per heavy atom. The van der Waals surface area contributed by atoms with Crippen LogP contribution in [0.15, 0.2) is 22.7 Å². The molecule has 1 heterocycles. The first-order valence-electron chi connectivity index (χ1n) is 6.24. The molecule has 19 heavy (non-hydrogen) atoms. The number of halogens is 1. The Labute approximate surface area is 125 Å². The van der Waals surface area contributed by atoms with Gasteiger partial charge in [0, 0.05) is 47.8 Å². The van der Waals surface area contributed by atoms with Crippen molar-refractivity contribution in [2.75, 3.05) is 43.0 Å². The van der Waals surface area contributed by atoms with Gasteiger partial charge in [0.1, 0.15) is 0 Å². The van der Waals surface area contributed by atoms with E-state index in [9.17, 15) is 9.90 Å². The van der Waals surface area contributed by atoms with Gasteiger partial charge in [0.05, 0.1) is 5.56 Å². The fourth-order valence-corrected chi connectivity index (χ4v) is 3.58. The van der Waals surface area contributed by atoms with Gasteiger partial charge in [-0.1, -0.05) is 6.07 Å². The summed E-state index contributed by atoms with van der Waals surface area (Å²) in [5, 5.41) is 12.4. The number of hydrogen-bond acceptors (Lipinski definition) is 4. The Balaban J connectivity index is 1.92. The molecule has 6 heteroatoms. The monoisotopic (exact) mass is 344 g/mol.